The van der Waals surface area contributed by atoms with Gasteiger partial charge in [-0.05, 0) is 56.4 Å². The third kappa shape index (κ3) is 5.92. The molecule has 2 atom stereocenters. The van der Waals surface area contributed by atoms with Crippen LogP contribution in [0.4, 0.5) is 0 Å². The third-order valence-corrected chi connectivity index (χ3v) is 5.72. The van der Waals surface area contributed by atoms with Crippen LogP contribution in [0, 0.1) is 0 Å². The van der Waals surface area contributed by atoms with E-state index in [4.69, 9.17) is 9.47 Å². The van der Waals surface area contributed by atoms with E-state index in [0.29, 0.717) is 18.7 Å². The number of nitrogens with zero attached hydrogens (tertiary/aromatic N) is 1. The Kier molecular flexibility index (Phi) is 6.73. The average molecular weight is 397 g/mol. The van der Waals surface area contributed by atoms with Gasteiger partial charge in [-0.25, -0.2) is 13.1 Å². The van der Waals surface area contributed by atoms with Crippen molar-refractivity contribution < 1.29 is 22.7 Å². The Morgan fingerprint density at radius 1 is 1.22 bits per heavy atom. The van der Waals surface area contributed by atoms with Crippen molar-refractivity contribution in [3.63, 3.8) is 0 Å². The molecule has 7 nitrogen and oxygen atoms in total. The molecule has 1 N–H and O–H groups in total. The quantitative estimate of drug-likeness (QED) is 0.760. The molecule has 2 saturated heterocycles. The molecule has 0 radical (unpaired) electrons. The van der Waals surface area contributed by atoms with Crippen LogP contribution in [0.3, 0.4) is 0 Å². The number of carbonyl (C=O) groups is 1. The highest BCUT2D eigenvalue weighted by molar-refractivity contribution is 7.88. The monoisotopic (exact) mass is 396 g/mol. The Morgan fingerprint density at radius 3 is 2.67 bits per heavy atom. The van der Waals surface area contributed by atoms with Gasteiger partial charge in [0, 0.05) is 31.3 Å². The van der Waals surface area contributed by atoms with Gasteiger partial charge in [0.1, 0.15) is 12.4 Å². The fraction of sp³-hybridized carbons (Fsp3) is 0.632. The van der Waals surface area contributed by atoms with Gasteiger partial charge in [0.15, 0.2) is 0 Å². The molecule has 8 heteroatoms. The van der Waals surface area contributed by atoms with Gasteiger partial charge in [-0.2, -0.15) is 0 Å². The first-order valence-electron chi connectivity index (χ1n) is 9.52. The van der Waals surface area contributed by atoms with Crippen LogP contribution in [0.25, 0.3) is 0 Å². The summed E-state index contributed by atoms with van der Waals surface area (Å²) in [5.74, 6) is 0.650. The standard InChI is InChI=1S/C19H28N2O5S/c1-27(23,24)20-13-16-5-2-3-11-21(16)19(22)15-7-9-17(10-8-15)26-14-18-6-4-12-25-18/h7-10,16,18,20H,2-6,11-14H2,1H3. The average Bonchev–Trinajstić information content (AvgIpc) is 3.18. The SMILES string of the molecule is CS(=O)(=O)NCC1CCCCN1C(=O)c1ccc(OCC2CCCO2)cc1. The first-order valence-corrected chi connectivity index (χ1v) is 11.4. The fourth-order valence-corrected chi connectivity index (χ4v) is 4.05. The lowest BCUT2D eigenvalue weighted by Crippen LogP contribution is -2.49. The van der Waals surface area contributed by atoms with Crippen LogP contribution in [-0.2, 0) is 14.8 Å². The number of carbonyl (C=O) groups excluding carboxylic acids is 1. The zero-order valence-electron chi connectivity index (χ0n) is 15.7. The van der Waals surface area contributed by atoms with Gasteiger partial charge < -0.3 is 14.4 Å². The van der Waals surface area contributed by atoms with Crippen LogP contribution >= 0.6 is 0 Å². The largest absolute Gasteiger partial charge is 0.491 e. The number of likely N-dealkylation sites (tertiary alicyclic amines) is 1. The van der Waals surface area contributed by atoms with Gasteiger partial charge in [0.05, 0.1) is 12.4 Å². The minimum absolute atomic E-state index is 0.0688. The molecule has 0 bridgehead atoms. The number of hydrogen-bond acceptors (Lipinski definition) is 5. The molecule has 27 heavy (non-hydrogen) atoms. The number of rotatable bonds is 7. The van der Waals surface area contributed by atoms with E-state index in [9.17, 15) is 13.2 Å². The summed E-state index contributed by atoms with van der Waals surface area (Å²) in [6.45, 7) is 2.23. The molecule has 1 aromatic rings. The van der Waals surface area contributed by atoms with Gasteiger partial charge in [-0.1, -0.05) is 0 Å². The van der Waals surface area contributed by atoms with E-state index in [1.54, 1.807) is 29.2 Å². The van der Waals surface area contributed by atoms with Crippen molar-refractivity contribution in [2.24, 2.45) is 0 Å². The molecule has 0 aromatic heterocycles. The summed E-state index contributed by atoms with van der Waals surface area (Å²) in [6.07, 6.45) is 6.12. The Labute approximate surface area is 161 Å². The van der Waals surface area contributed by atoms with Gasteiger partial charge in [0.25, 0.3) is 5.91 Å². The maximum Gasteiger partial charge on any atom is 0.254 e. The summed E-state index contributed by atoms with van der Waals surface area (Å²) < 4.78 is 36.6. The number of benzene rings is 1. The summed E-state index contributed by atoms with van der Waals surface area (Å²) in [7, 11) is -3.27. The maximum absolute atomic E-state index is 12.9. The van der Waals surface area contributed by atoms with Crippen molar-refractivity contribution in [2.45, 2.75) is 44.2 Å². The van der Waals surface area contributed by atoms with Crippen molar-refractivity contribution in [3.05, 3.63) is 29.8 Å². The van der Waals surface area contributed by atoms with Crippen molar-refractivity contribution >= 4 is 15.9 Å². The number of hydrogen-bond donors (Lipinski definition) is 1. The second-order valence-electron chi connectivity index (χ2n) is 7.24. The lowest BCUT2D eigenvalue weighted by Gasteiger charge is -2.35. The molecule has 1 amide bonds. The zero-order chi connectivity index (χ0) is 19.3. The molecule has 0 spiro atoms. The highest BCUT2D eigenvalue weighted by Gasteiger charge is 2.28. The molecule has 2 fully saturated rings. The lowest BCUT2D eigenvalue weighted by molar-refractivity contribution is 0.0617. The number of nitrogens with one attached hydrogen (secondary N) is 1. The molecule has 2 aliphatic rings. The summed E-state index contributed by atoms with van der Waals surface area (Å²) >= 11 is 0. The van der Waals surface area contributed by atoms with E-state index in [1.807, 2.05) is 0 Å². The number of piperidine rings is 1. The molecule has 150 valence electrons. The lowest BCUT2D eigenvalue weighted by atomic mass is 10.0. The van der Waals surface area contributed by atoms with E-state index in [0.717, 1.165) is 50.7 Å². The van der Waals surface area contributed by atoms with Crippen LogP contribution < -0.4 is 9.46 Å². The van der Waals surface area contributed by atoms with Gasteiger partial charge in [0.2, 0.25) is 10.0 Å². The van der Waals surface area contributed by atoms with Crippen molar-refractivity contribution in [1.82, 2.24) is 9.62 Å². The van der Waals surface area contributed by atoms with Crippen LogP contribution in [-0.4, -0.2) is 63.9 Å². The highest BCUT2D eigenvalue weighted by atomic mass is 32.2. The zero-order valence-corrected chi connectivity index (χ0v) is 16.5. The van der Waals surface area contributed by atoms with E-state index >= 15 is 0 Å². The fourth-order valence-electron chi connectivity index (χ4n) is 3.55. The molecule has 2 heterocycles. The third-order valence-electron chi connectivity index (χ3n) is 5.03. The topological polar surface area (TPSA) is 84.9 Å². The number of sulfonamides is 1. The summed E-state index contributed by atoms with van der Waals surface area (Å²) in [6, 6.07) is 7.02. The van der Waals surface area contributed by atoms with Crippen molar-refractivity contribution in [2.75, 3.05) is 32.6 Å². The second-order valence-corrected chi connectivity index (χ2v) is 9.07. The smallest absolute Gasteiger partial charge is 0.254 e. The second kappa shape index (κ2) is 9.03. The summed E-state index contributed by atoms with van der Waals surface area (Å²) in [4.78, 5) is 14.7. The summed E-state index contributed by atoms with van der Waals surface area (Å²) in [5.41, 5.74) is 0.589. The van der Waals surface area contributed by atoms with E-state index < -0.39 is 10.0 Å². The van der Waals surface area contributed by atoms with E-state index in [-0.39, 0.29) is 24.6 Å². The minimum Gasteiger partial charge on any atom is -0.491 e. The normalized spacial score (nSPS) is 23.4. The molecule has 3 rings (SSSR count). The van der Waals surface area contributed by atoms with Crippen LogP contribution in [0.1, 0.15) is 42.5 Å². The van der Waals surface area contributed by atoms with Gasteiger partial charge in [-0.15, -0.1) is 0 Å². The van der Waals surface area contributed by atoms with E-state index in [2.05, 4.69) is 4.72 Å². The molecule has 1 aromatic carbocycles. The van der Waals surface area contributed by atoms with Crippen LogP contribution in [0.2, 0.25) is 0 Å². The van der Waals surface area contributed by atoms with E-state index in [1.165, 1.54) is 0 Å². The molecular formula is C19H28N2O5S. The number of amides is 1. The minimum atomic E-state index is -3.27. The molecule has 2 unspecified atom stereocenters. The van der Waals surface area contributed by atoms with Crippen molar-refractivity contribution in [1.29, 1.82) is 0 Å². The van der Waals surface area contributed by atoms with Crippen LogP contribution in [0.15, 0.2) is 24.3 Å². The maximum atomic E-state index is 12.9. The highest BCUT2D eigenvalue weighted by Crippen LogP contribution is 2.21. The Balaban J connectivity index is 1.59. The molecule has 2 aliphatic heterocycles. The molecule has 0 saturated carbocycles. The predicted molar refractivity (Wildman–Crippen MR) is 102 cm³/mol. The first-order chi connectivity index (χ1) is 12.9. The van der Waals surface area contributed by atoms with Gasteiger partial charge in [-0.3, -0.25) is 4.79 Å². The van der Waals surface area contributed by atoms with Crippen LogP contribution in [0.5, 0.6) is 5.75 Å². The Hall–Kier alpha value is -1.64. The Bertz CT molecular complexity index is 729. The van der Waals surface area contributed by atoms with Gasteiger partial charge >= 0.3 is 0 Å². The van der Waals surface area contributed by atoms with Crippen molar-refractivity contribution in [3.8, 4) is 5.75 Å². The number of ether oxygens (including phenoxy) is 2. The Morgan fingerprint density at radius 2 is 2.00 bits per heavy atom. The molecular weight excluding hydrogens is 368 g/mol. The first kappa shape index (κ1) is 20.1. The molecule has 0 aliphatic carbocycles. The predicted octanol–water partition coefficient (Wildman–Crippen LogP) is 1.79. The summed E-state index contributed by atoms with van der Waals surface area (Å²) in [5, 5.41) is 0.